The molecule has 1 aromatic rings. The third kappa shape index (κ3) is 7.37. The van der Waals surface area contributed by atoms with Gasteiger partial charge in [0, 0.05) is 4.90 Å². The molecule has 0 aromatic heterocycles. The Balaban J connectivity index is 2.09. The highest BCUT2D eigenvalue weighted by Crippen LogP contribution is 2.16. The normalized spacial score (nSPS) is 12.0. The van der Waals surface area contributed by atoms with E-state index in [0.29, 0.717) is 5.75 Å². The first-order valence-corrected chi connectivity index (χ1v) is 10.7. The smallest absolute Gasteiger partial charge is 0.152 e. The van der Waals surface area contributed by atoms with Crippen LogP contribution < -0.4 is 0 Å². The van der Waals surface area contributed by atoms with Gasteiger partial charge in [0.05, 0.1) is 11.0 Å². The minimum absolute atomic E-state index is 0.234. The summed E-state index contributed by atoms with van der Waals surface area (Å²) in [6, 6.07) is 8.77. The number of hydrogen-bond donors (Lipinski definition) is 0. The lowest BCUT2D eigenvalue weighted by Crippen LogP contribution is -2.17. The molecule has 0 aliphatic heterocycles. The zero-order valence-electron chi connectivity index (χ0n) is 13.5. The van der Waals surface area contributed by atoms with Crippen LogP contribution in [0.4, 0.5) is 0 Å². The van der Waals surface area contributed by atoms with Gasteiger partial charge in [0.15, 0.2) is 9.84 Å². The van der Waals surface area contributed by atoms with Crippen molar-refractivity contribution in [1.29, 1.82) is 0 Å². The third-order valence-electron chi connectivity index (χ3n) is 3.77. The van der Waals surface area contributed by atoms with Crippen LogP contribution in [-0.4, -0.2) is 25.7 Å². The second-order valence-corrected chi connectivity index (χ2v) is 9.34. The molecular formula is C17H28O2S2. The molecule has 0 unspecified atom stereocenters. The van der Waals surface area contributed by atoms with E-state index in [1.54, 1.807) is 25.6 Å². The monoisotopic (exact) mass is 328 g/mol. The SMILES string of the molecule is CSc1ccc(CCCCCCCS(=O)(=O)C(C)C)cc1. The average molecular weight is 329 g/mol. The van der Waals surface area contributed by atoms with Crippen molar-refractivity contribution < 1.29 is 8.42 Å². The predicted molar refractivity (Wildman–Crippen MR) is 93.9 cm³/mol. The highest BCUT2D eigenvalue weighted by Gasteiger charge is 2.14. The lowest BCUT2D eigenvalue weighted by atomic mass is 10.1. The van der Waals surface area contributed by atoms with Gasteiger partial charge in [-0.2, -0.15) is 0 Å². The van der Waals surface area contributed by atoms with E-state index in [1.807, 2.05) is 0 Å². The number of benzene rings is 1. The van der Waals surface area contributed by atoms with Gasteiger partial charge >= 0.3 is 0 Å². The fourth-order valence-electron chi connectivity index (χ4n) is 2.19. The summed E-state index contributed by atoms with van der Waals surface area (Å²) in [6.45, 7) is 3.52. The summed E-state index contributed by atoms with van der Waals surface area (Å²) in [5.74, 6) is 0.348. The van der Waals surface area contributed by atoms with E-state index in [9.17, 15) is 8.42 Å². The van der Waals surface area contributed by atoms with Crippen molar-refractivity contribution in [2.45, 2.75) is 62.5 Å². The van der Waals surface area contributed by atoms with Crippen LogP contribution in [0, 0.1) is 0 Å². The van der Waals surface area contributed by atoms with Crippen LogP contribution in [0.1, 0.15) is 51.5 Å². The standard InChI is InChI=1S/C17H28O2S2/c1-15(2)21(18,19)14-8-6-4-5-7-9-16-10-12-17(20-3)13-11-16/h10-13,15H,4-9,14H2,1-3H3. The van der Waals surface area contributed by atoms with Crippen molar-refractivity contribution in [3.63, 3.8) is 0 Å². The Labute approximate surface area is 134 Å². The van der Waals surface area contributed by atoms with E-state index in [4.69, 9.17) is 0 Å². The minimum Gasteiger partial charge on any atom is -0.229 e. The average Bonchev–Trinajstić information content (AvgIpc) is 2.46. The molecule has 0 saturated carbocycles. The molecule has 0 N–H and O–H groups in total. The number of thioether (sulfide) groups is 1. The quantitative estimate of drug-likeness (QED) is 0.460. The van der Waals surface area contributed by atoms with Crippen LogP contribution in [0.3, 0.4) is 0 Å². The van der Waals surface area contributed by atoms with Gasteiger partial charge in [-0.25, -0.2) is 8.42 Å². The zero-order valence-corrected chi connectivity index (χ0v) is 15.1. The van der Waals surface area contributed by atoms with Crippen molar-refractivity contribution in [2.75, 3.05) is 12.0 Å². The molecule has 0 radical (unpaired) electrons. The number of rotatable bonds is 10. The van der Waals surface area contributed by atoms with Gasteiger partial charge in [0.25, 0.3) is 0 Å². The molecular weight excluding hydrogens is 300 g/mol. The highest BCUT2D eigenvalue weighted by molar-refractivity contribution is 7.98. The molecule has 4 heteroatoms. The first-order valence-electron chi connectivity index (χ1n) is 7.80. The highest BCUT2D eigenvalue weighted by atomic mass is 32.2. The minimum atomic E-state index is -2.84. The van der Waals surface area contributed by atoms with Gasteiger partial charge in [0.1, 0.15) is 0 Å². The van der Waals surface area contributed by atoms with Gasteiger partial charge in [-0.05, 0) is 57.1 Å². The first kappa shape index (κ1) is 18.6. The summed E-state index contributed by atoms with van der Waals surface area (Å²) < 4.78 is 23.3. The van der Waals surface area contributed by atoms with Gasteiger partial charge in [-0.1, -0.05) is 31.4 Å². The number of sulfone groups is 1. The van der Waals surface area contributed by atoms with E-state index in [1.165, 1.54) is 23.3 Å². The fraction of sp³-hybridized carbons (Fsp3) is 0.647. The van der Waals surface area contributed by atoms with Crippen molar-refractivity contribution in [3.05, 3.63) is 29.8 Å². The molecule has 0 bridgehead atoms. The summed E-state index contributed by atoms with van der Waals surface area (Å²) in [6.07, 6.45) is 8.56. The summed E-state index contributed by atoms with van der Waals surface area (Å²) in [7, 11) is -2.84. The van der Waals surface area contributed by atoms with Crippen LogP contribution >= 0.6 is 11.8 Å². The molecule has 0 aliphatic rings. The van der Waals surface area contributed by atoms with Crippen molar-refractivity contribution in [1.82, 2.24) is 0 Å². The molecule has 2 nitrogen and oxygen atoms in total. The maximum absolute atomic E-state index is 11.7. The van der Waals surface area contributed by atoms with Crippen LogP contribution in [0.15, 0.2) is 29.2 Å². The molecule has 1 rings (SSSR count). The molecule has 0 aliphatic carbocycles. The third-order valence-corrected chi connectivity index (χ3v) is 6.81. The molecule has 0 heterocycles. The maximum atomic E-state index is 11.7. The topological polar surface area (TPSA) is 34.1 Å². The second-order valence-electron chi connectivity index (χ2n) is 5.78. The van der Waals surface area contributed by atoms with Crippen molar-refractivity contribution >= 4 is 21.6 Å². The fourth-order valence-corrected chi connectivity index (χ4v) is 3.68. The lowest BCUT2D eigenvalue weighted by molar-refractivity contribution is 0.577. The Kier molecular flexibility index (Phi) is 8.42. The molecule has 0 atom stereocenters. The van der Waals surface area contributed by atoms with Gasteiger partial charge < -0.3 is 0 Å². The summed E-state index contributed by atoms with van der Waals surface area (Å²) in [4.78, 5) is 1.31. The van der Waals surface area contributed by atoms with Crippen molar-refractivity contribution in [2.24, 2.45) is 0 Å². The zero-order chi connectivity index (χ0) is 15.7. The molecule has 0 amide bonds. The Morgan fingerprint density at radius 3 is 2.10 bits per heavy atom. The number of hydrogen-bond acceptors (Lipinski definition) is 3. The Hall–Kier alpha value is -0.480. The molecule has 0 saturated heterocycles. The number of aryl methyl sites for hydroxylation is 1. The number of unbranched alkanes of at least 4 members (excludes halogenated alkanes) is 4. The van der Waals surface area contributed by atoms with Crippen molar-refractivity contribution in [3.8, 4) is 0 Å². The van der Waals surface area contributed by atoms with E-state index in [2.05, 4.69) is 30.5 Å². The van der Waals surface area contributed by atoms with E-state index in [-0.39, 0.29) is 5.25 Å². The predicted octanol–water partition coefficient (Wildman–Crippen LogP) is 4.72. The lowest BCUT2D eigenvalue weighted by Gasteiger charge is -2.07. The summed E-state index contributed by atoms with van der Waals surface area (Å²) in [5.41, 5.74) is 1.40. The summed E-state index contributed by atoms with van der Waals surface area (Å²) >= 11 is 1.77. The van der Waals surface area contributed by atoms with Crippen LogP contribution in [0.2, 0.25) is 0 Å². The van der Waals surface area contributed by atoms with Gasteiger partial charge in [0.2, 0.25) is 0 Å². The van der Waals surface area contributed by atoms with Crippen LogP contribution in [0.5, 0.6) is 0 Å². The maximum Gasteiger partial charge on any atom is 0.152 e. The van der Waals surface area contributed by atoms with Gasteiger partial charge in [-0.15, -0.1) is 11.8 Å². The molecule has 0 fully saturated rings. The molecule has 120 valence electrons. The molecule has 0 spiro atoms. The van der Waals surface area contributed by atoms with E-state index >= 15 is 0 Å². The second kappa shape index (κ2) is 9.52. The summed E-state index contributed by atoms with van der Waals surface area (Å²) in [5, 5.41) is -0.234. The Bertz CT molecular complexity index is 490. The first-order chi connectivity index (χ1) is 9.95. The van der Waals surface area contributed by atoms with Crippen LogP contribution in [0.25, 0.3) is 0 Å². The molecule has 1 aromatic carbocycles. The van der Waals surface area contributed by atoms with E-state index < -0.39 is 9.84 Å². The largest absolute Gasteiger partial charge is 0.229 e. The Morgan fingerprint density at radius 1 is 0.952 bits per heavy atom. The van der Waals surface area contributed by atoms with Gasteiger partial charge in [-0.3, -0.25) is 0 Å². The molecule has 21 heavy (non-hydrogen) atoms. The van der Waals surface area contributed by atoms with E-state index in [0.717, 1.165) is 25.7 Å². The van der Waals surface area contributed by atoms with Crippen LogP contribution in [-0.2, 0) is 16.3 Å². The Morgan fingerprint density at radius 2 is 1.52 bits per heavy atom.